The van der Waals surface area contributed by atoms with Crippen LogP contribution in [0.25, 0.3) is 11.1 Å². The molecule has 1 unspecified atom stereocenters. The number of halogens is 3. The molecule has 2 atom stereocenters. The Morgan fingerprint density at radius 3 is 2.45 bits per heavy atom. The third-order valence-electron chi connectivity index (χ3n) is 8.78. The lowest BCUT2D eigenvalue weighted by Gasteiger charge is -2.30. The summed E-state index contributed by atoms with van der Waals surface area (Å²) < 4.78 is 53.1. The van der Waals surface area contributed by atoms with Gasteiger partial charge < -0.3 is 9.47 Å². The minimum absolute atomic E-state index is 0.0107. The summed E-state index contributed by atoms with van der Waals surface area (Å²) in [6.45, 7) is 4.76. The van der Waals surface area contributed by atoms with E-state index in [0.717, 1.165) is 66.7 Å². The van der Waals surface area contributed by atoms with Gasteiger partial charge in [0.15, 0.2) is 0 Å². The molecular weight excluding hydrogens is 513 g/mol. The minimum Gasteiger partial charge on any atom is -0.489 e. The van der Waals surface area contributed by atoms with Gasteiger partial charge in [-0.3, -0.25) is 4.79 Å². The van der Waals surface area contributed by atoms with Gasteiger partial charge in [0.1, 0.15) is 18.2 Å². The first kappa shape index (κ1) is 28.3. The zero-order valence-electron chi connectivity index (χ0n) is 23.4. The largest absolute Gasteiger partial charge is 0.489 e. The Morgan fingerprint density at radius 1 is 0.975 bits per heavy atom. The lowest BCUT2D eigenvalue weighted by molar-refractivity contribution is -0.141. The predicted molar refractivity (Wildman–Crippen MR) is 150 cm³/mol. The Balaban J connectivity index is 1.43. The topological polar surface area (TPSA) is 35.5 Å². The zero-order valence-corrected chi connectivity index (χ0v) is 23.4. The molecule has 3 aromatic rings. The summed E-state index contributed by atoms with van der Waals surface area (Å²) in [4.78, 5) is 12.0. The lowest BCUT2D eigenvalue weighted by Crippen LogP contribution is -2.17. The highest BCUT2D eigenvalue weighted by Gasteiger charge is 2.37. The molecule has 2 aliphatic rings. The van der Waals surface area contributed by atoms with Gasteiger partial charge in [-0.25, -0.2) is 13.2 Å². The Kier molecular flexibility index (Phi) is 8.25. The molecule has 0 bridgehead atoms. The molecule has 6 heteroatoms. The van der Waals surface area contributed by atoms with Crippen LogP contribution in [-0.2, 0) is 16.1 Å². The molecule has 2 fully saturated rings. The van der Waals surface area contributed by atoms with Crippen molar-refractivity contribution in [3.05, 3.63) is 88.7 Å². The number of ether oxygens (including phenoxy) is 2. The number of esters is 1. The van der Waals surface area contributed by atoms with Gasteiger partial charge in [-0.2, -0.15) is 0 Å². The van der Waals surface area contributed by atoms with Crippen molar-refractivity contribution in [3.8, 4) is 16.9 Å². The Morgan fingerprint density at radius 2 is 1.77 bits per heavy atom. The van der Waals surface area contributed by atoms with Crippen molar-refractivity contribution in [2.75, 3.05) is 7.11 Å². The summed E-state index contributed by atoms with van der Waals surface area (Å²) in [7, 11) is 1.42. The summed E-state index contributed by atoms with van der Waals surface area (Å²) in [6.07, 6.45) is 3.00. The second-order valence-electron chi connectivity index (χ2n) is 12.0. The maximum absolute atomic E-state index is 15.0. The highest BCUT2D eigenvalue weighted by molar-refractivity contribution is 5.71. The van der Waals surface area contributed by atoms with E-state index in [1.807, 2.05) is 36.4 Å². The van der Waals surface area contributed by atoms with Crippen LogP contribution in [0.15, 0.2) is 60.7 Å². The number of methoxy groups -OCH3 is 1. The average Bonchev–Trinajstić information content (AvgIpc) is 3.72. The van der Waals surface area contributed by atoms with Crippen molar-refractivity contribution in [1.82, 2.24) is 0 Å². The fraction of sp³-hybridized carbons (Fsp3) is 0.441. The third kappa shape index (κ3) is 6.21. The molecule has 0 radical (unpaired) electrons. The normalized spacial score (nSPS) is 19.0. The van der Waals surface area contributed by atoms with Crippen molar-refractivity contribution in [1.29, 1.82) is 0 Å². The zero-order chi connectivity index (χ0) is 28.4. The fourth-order valence-electron chi connectivity index (χ4n) is 6.34. The molecule has 0 heterocycles. The molecular formula is C34H37F3O3. The highest BCUT2D eigenvalue weighted by Crippen LogP contribution is 2.51. The van der Waals surface area contributed by atoms with E-state index in [9.17, 15) is 13.6 Å². The van der Waals surface area contributed by atoms with E-state index >= 15 is 4.39 Å². The number of hydrogen-bond donors (Lipinski definition) is 0. The molecule has 0 amide bonds. The summed E-state index contributed by atoms with van der Waals surface area (Å²) in [5, 5.41) is 0. The van der Waals surface area contributed by atoms with Crippen molar-refractivity contribution in [2.24, 2.45) is 11.3 Å². The van der Waals surface area contributed by atoms with Gasteiger partial charge in [0.25, 0.3) is 6.43 Å². The van der Waals surface area contributed by atoms with Gasteiger partial charge in [0, 0.05) is 11.1 Å². The highest BCUT2D eigenvalue weighted by atomic mass is 19.3. The number of carbonyl (C=O) groups excluding carboxylic acids is 1. The van der Waals surface area contributed by atoms with Crippen LogP contribution in [0.4, 0.5) is 13.2 Å². The van der Waals surface area contributed by atoms with Gasteiger partial charge in [0.2, 0.25) is 0 Å². The van der Waals surface area contributed by atoms with Gasteiger partial charge in [0.05, 0.1) is 13.5 Å². The average molecular weight is 551 g/mol. The molecule has 0 aliphatic heterocycles. The van der Waals surface area contributed by atoms with Gasteiger partial charge in [-0.05, 0) is 95.4 Å². The number of hydrogen-bond acceptors (Lipinski definition) is 3. The van der Waals surface area contributed by atoms with Crippen molar-refractivity contribution >= 4 is 5.97 Å². The van der Waals surface area contributed by atoms with Crippen molar-refractivity contribution in [3.63, 3.8) is 0 Å². The van der Waals surface area contributed by atoms with Gasteiger partial charge >= 0.3 is 5.97 Å². The molecule has 2 saturated carbocycles. The Bertz CT molecular complexity index is 1360. The summed E-state index contributed by atoms with van der Waals surface area (Å²) in [5.74, 6) is 0.794. The van der Waals surface area contributed by atoms with Crippen LogP contribution < -0.4 is 4.74 Å². The van der Waals surface area contributed by atoms with Gasteiger partial charge in [-0.15, -0.1) is 0 Å². The predicted octanol–water partition coefficient (Wildman–Crippen LogP) is 9.36. The quantitative estimate of drug-likeness (QED) is 0.236. The maximum atomic E-state index is 15.0. The molecule has 212 valence electrons. The third-order valence-corrected chi connectivity index (χ3v) is 8.78. The van der Waals surface area contributed by atoms with E-state index in [1.165, 1.54) is 13.2 Å². The number of carbonyl (C=O) groups is 1. The number of rotatable bonds is 10. The van der Waals surface area contributed by atoms with E-state index in [4.69, 9.17) is 9.47 Å². The SMILES string of the molecule is COC(=O)CC(c1cccc(OCc2ccc(-c3cc(C(F)F)ccc3F)c([C@H]3CCCC3(C)C)c2)c1)C1CC1. The molecule has 3 nitrogen and oxygen atoms in total. The number of benzene rings is 3. The smallest absolute Gasteiger partial charge is 0.306 e. The second-order valence-corrected chi connectivity index (χ2v) is 12.0. The monoisotopic (exact) mass is 550 g/mol. The minimum atomic E-state index is -2.67. The van der Waals surface area contributed by atoms with Crippen LogP contribution >= 0.6 is 0 Å². The summed E-state index contributed by atoms with van der Waals surface area (Å²) in [6, 6.07) is 17.3. The lowest BCUT2D eigenvalue weighted by atomic mass is 9.75. The van der Waals surface area contributed by atoms with Crippen molar-refractivity contribution in [2.45, 2.75) is 77.2 Å². The van der Waals surface area contributed by atoms with Crippen LogP contribution in [0.2, 0.25) is 0 Å². The van der Waals surface area contributed by atoms with E-state index in [1.54, 1.807) is 0 Å². The van der Waals surface area contributed by atoms with E-state index in [0.29, 0.717) is 24.5 Å². The van der Waals surface area contributed by atoms with E-state index in [-0.39, 0.29) is 34.3 Å². The fourth-order valence-corrected chi connectivity index (χ4v) is 6.34. The van der Waals surface area contributed by atoms with Crippen LogP contribution in [-0.4, -0.2) is 13.1 Å². The number of alkyl halides is 2. The summed E-state index contributed by atoms with van der Waals surface area (Å²) >= 11 is 0. The van der Waals surface area contributed by atoms with Crippen LogP contribution in [0, 0.1) is 17.2 Å². The molecule has 5 rings (SSSR count). The Labute approximate surface area is 234 Å². The van der Waals surface area contributed by atoms with Gasteiger partial charge in [-0.1, -0.05) is 56.7 Å². The van der Waals surface area contributed by atoms with Crippen LogP contribution in [0.3, 0.4) is 0 Å². The first-order valence-corrected chi connectivity index (χ1v) is 14.2. The first-order valence-electron chi connectivity index (χ1n) is 14.2. The first-order chi connectivity index (χ1) is 19.2. The van der Waals surface area contributed by atoms with Crippen LogP contribution in [0.5, 0.6) is 5.75 Å². The molecule has 0 spiro atoms. The molecule has 2 aliphatic carbocycles. The second kappa shape index (κ2) is 11.7. The molecule has 0 aromatic heterocycles. The maximum Gasteiger partial charge on any atom is 0.306 e. The molecule has 0 saturated heterocycles. The van der Waals surface area contributed by atoms with Crippen LogP contribution in [0.1, 0.15) is 92.9 Å². The standard InChI is InChI=1S/C34H37F3O3/c1-34(2)15-5-8-30(34)28-16-21(9-13-26(28)29-18-24(33(36)37)12-14-31(29)35)20-40-25-7-4-6-23(17-25)27(22-10-11-22)19-32(38)39-3/h4,6-7,9,12-14,16-18,22,27,30,33H,5,8,10-11,15,19-20H2,1-3H3/t27?,30-/m1/s1. The molecule has 40 heavy (non-hydrogen) atoms. The summed E-state index contributed by atoms with van der Waals surface area (Å²) in [5.41, 5.74) is 3.70. The molecule has 3 aromatic carbocycles. The van der Waals surface area contributed by atoms with Crippen molar-refractivity contribution < 1.29 is 27.4 Å². The molecule has 0 N–H and O–H groups in total. The van der Waals surface area contributed by atoms with E-state index < -0.39 is 12.2 Å². The Hall–Kier alpha value is -3.28. The van der Waals surface area contributed by atoms with E-state index in [2.05, 4.69) is 19.9 Å².